The Morgan fingerprint density at radius 1 is 1.30 bits per heavy atom. The highest BCUT2D eigenvalue weighted by atomic mass is 16.5. The van der Waals surface area contributed by atoms with Crippen LogP contribution in [0.1, 0.15) is 24.8 Å². The third-order valence-corrected chi connectivity index (χ3v) is 3.12. The van der Waals surface area contributed by atoms with Gasteiger partial charge in [0.1, 0.15) is 11.3 Å². The quantitative estimate of drug-likeness (QED) is 0.648. The summed E-state index contributed by atoms with van der Waals surface area (Å²) < 4.78 is 10.3. The second-order valence-corrected chi connectivity index (χ2v) is 4.55. The molecular weight excluding hydrogens is 260 g/mol. The first-order valence-corrected chi connectivity index (χ1v) is 6.42. The Bertz CT molecular complexity index is 672. The lowest BCUT2D eigenvalue weighted by atomic mass is 10.0. The molecule has 20 heavy (non-hydrogen) atoms. The second-order valence-electron chi connectivity index (χ2n) is 4.55. The van der Waals surface area contributed by atoms with Gasteiger partial charge in [-0.1, -0.05) is 0 Å². The third kappa shape index (κ3) is 3.38. The van der Waals surface area contributed by atoms with Gasteiger partial charge >= 0.3 is 11.6 Å². The van der Waals surface area contributed by atoms with E-state index in [9.17, 15) is 9.59 Å². The molecule has 2 rings (SSSR count). The minimum Gasteiger partial charge on any atom is -0.497 e. The first-order valence-electron chi connectivity index (χ1n) is 6.42. The Morgan fingerprint density at radius 3 is 2.80 bits per heavy atom. The van der Waals surface area contributed by atoms with Crippen LogP contribution in [0, 0.1) is 0 Å². The van der Waals surface area contributed by atoms with E-state index in [4.69, 9.17) is 14.3 Å². The van der Waals surface area contributed by atoms with Gasteiger partial charge in [0.15, 0.2) is 0 Å². The number of hydrogen-bond acceptors (Lipinski definition) is 4. The largest absolute Gasteiger partial charge is 0.497 e. The van der Waals surface area contributed by atoms with E-state index >= 15 is 0 Å². The summed E-state index contributed by atoms with van der Waals surface area (Å²) in [5.74, 6) is -0.171. The van der Waals surface area contributed by atoms with Crippen LogP contribution >= 0.6 is 0 Å². The summed E-state index contributed by atoms with van der Waals surface area (Å²) in [6.45, 7) is 0. The molecule has 0 bridgehead atoms. The van der Waals surface area contributed by atoms with Crippen molar-refractivity contribution in [2.45, 2.75) is 25.7 Å². The molecule has 0 radical (unpaired) electrons. The van der Waals surface area contributed by atoms with Crippen molar-refractivity contribution in [3.05, 3.63) is 40.2 Å². The molecule has 1 heterocycles. The number of rotatable bonds is 6. The number of aryl methyl sites for hydroxylation is 1. The molecule has 0 aliphatic carbocycles. The number of ether oxygens (including phenoxy) is 1. The molecule has 5 nitrogen and oxygen atoms in total. The number of carbonyl (C=O) groups is 1. The molecule has 5 heteroatoms. The lowest BCUT2D eigenvalue weighted by molar-refractivity contribution is -0.137. The van der Waals surface area contributed by atoms with Crippen LogP contribution in [0.4, 0.5) is 0 Å². The maximum absolute atomic E-state index is 11.5. The summed E-state index contributed by atoms with van der Waals surface area (Å²) in [6, 6.07) is 6.81. The van der Waals surface area contributed by atoms with Gasteiger partial charge < -0.3 is 14.3 Å². The molecule has 0 aliphatic rings. The van der Waals surface area contributed by atoms with E-state index in [1.165, 1.54) is 6.07 Å². The van der Waals surface area contributed by atoms with E-state index in [1.807, 2.05) is 12.1 Å². The van der Waals surface area contributed by atoms with Gasteiger partial charge in [-0.3, -0.25) is 4.79 Å². The predicted molar refractivity (Wildman–Crippen MR) is 74.2 cm³/mol. The molecule has 1 aromatic heterocycles. The number of methoxy groups -OCH3 is 1. The fraction of sp³-hybridized carbons (Fsp3) is 0.333. The van der Waals surface area contributed by atoms with Crippen LogP contribution in [0.15, 0.2) is 33.5 Å². The van der Waals surface area contributed by atoms with E-state index < -0.39 is 11.6 Å². The van der Waals surface area contributed by atoms with E-state index in [-0.39, 0.29) is 6.42 Å². The maximum atomic E-state index is 11.5. The number of benzene rings is 1. The van der Waals surface area contributed by atoms with Crippen molar-refractivity contribution in [2.24, 2.45) is 0 Å². The standard InChI is InChI=1S/C15H16O5/c1-19-11-6-7-12-10(4-2-3-5-14(16)17)8-15(18)20-13(12)9-11/h6-9H,2-5H2,1H3,(H,16,17). The van der Waals surface area contributed by atoms with Crippen LogP contribution < -0.4 is 10.4 Å². The minimum absolute atomic E-state index is 0.146. The molecule has 0 saturated heterocycles. The fourth-order valence-electron chi connectivity index (χ4n) is 2.14. The summed E-state index contributed by atoms with van der Waals surface area (Å²) in [7, 11) is 1.55. The van der Waals surface area contributed by atoms with Crippen LogP contribution in [0.2, 0.25) is 0 Å². The van der Waals surface area contributed by atoms with Gasteiger partial charge in [0.2, 0.25) is 0 Å². The molecule has 0 aliphatic heterocycles. The highest BCUT2D eigenvalue weighted by molar-refractivity contribution is 5.81. The summed E-state index contributed by atoms with van der Waals surface area (Å²) >= 11 is 0. The van der Waals surface area contributed by atoms with E-state index in [1.54, 1.807) is 13.2 Å². The number of carboxylic acids is 1. The van der Waals surface area contributed by atoms with Crippen LogP contribution in [0.5, 0.6) is 5.75 Å². The Kier molecular flexibility index (Phi) is 4.40. The van der Waals surface area contributed by atoms with Crippen molar-refractivity contribution in [2.75, 3.05) is 7.11 Å². The van der Waals surface area contributed by atoms with E-state index in [0.717, 1.165) is 17.4 Å². The normalized spacial score (nSPS) is 10.7. The van der Waals surface area contributed by atoms with Crippen molar-refractivity contribution in [1.82, 2.24) is 0 Å². The molecule has 0 amide bonds. The Balaban J connectivity index is 2.23. The Labute approximate surface area is 115 Å². The lowest BCUT2D eigenvalue weighted by Gasteiger charge is -2.06. The van der Waals surface area contributed by atoms with Gasteiger partial charge in [0, 0.05) is 23.9 Å². The molecule has 0 unspecified atom stereocenters. The lowest BCUT2D eigenvalue weighted by Crippen LogP contribution is -2.02. The third-order valence-electron chi connectivity index (χ3n) is 3.12. The van der Waals surface area contributed by atoms with E-state index in [2.05, 4.69) is 0 Å². The zero-order valence-corrected chi connectivity index (χ0v) is 11.2. The van der Waals surface area contributed by atoms with Crippen molar-refractivity contribution in [3.63, 3.8) is 0 Å². The van der Waals surface area contributed by atoms with Gasteiger partial charge in [0.05, 0.1) is 7.11 Å². The van der Waals surface area contributed by atoms with Crippen molar-refractivity contribution >= 4 is 16.9 Å². The monoisotopic (exact) mass is 276 g/mol. The van der Waals surface area contributed by atoms with Crippen LogP contribution in [-0.4, -0.2) is 18.2 Å². The van der Waals surface area contributed by atoms with Crippen molar-refractivity contribution in [3.8, 4) is 5.75 Å². The number of aliphatic carboxylic acids is 1. The van der Waals surface area contributed by atoms with Crippen LogP contribution in [0.25, 0.3) is 11.0 Å². The Hall–Kier alpha value is -2.30. The molecule has 106 valence electrons. The zero-order chi connectivity index (χ0) is 14.5. The number of fused-ring (bicyclic) bond motifs is 1. The number of hydrogen-bond donors (Lipinski definition) is 1. The molecule has 2 aromatic rings. The van der Waals surface area contributed by atoms with Crippen molar-refractivity contribution in [1.29, 1.82) is 0 Å². The number of unbranched alkanes of at least 4 members (excludes halogenated alkanes) is 1. The molecule has 0 saturated carbocycles. The van der Waals surface area contributed by atoms with Gasteiger partial charge in [-0.15, -0.1) is 0 Å². The average Bonchev–Trinajstić information content (AvgIpc) is 2.42. The molecule has 1 aromatic carbocycles. The molecule has 0 fully saturated rings. The topological polar surface area (TPSA) is 76.7 Å². The highest BCUT2D eigenvalue weighted by Crippen LogP contribution is 2.23. The maximum Gasteiger partial charge on any atom is 0.336 e. The van der Waals surface area contributed by atoms with Crippen LogP contribution in [-0.2, 0) is 11.2 Å². The average molecular weight is 276 g/mol. The summed E-state index contributed by atoms with van der Waals surface area (Å²) in [5.41, 5.74) is 0.966. The summed E-state index contributed by atoms with van der Waals surface area (Å²) in [6.07, 6.45) is 2.11. The second kappa shape index (κ2) is 6.23. The first-order chi connectivity index (χ1) is 9.60. The number of carboxylic acid groups (broad SMARTS) is 1. The zero-order valence-electron chi connectivity index (χ0n) is 11.2. The van der Waals surface area contributed by atoms with Gasteiger partial charge in [-0.05, 0) is 37.0 Å². The summed E-state index contributed by atoms with van der Waals surface area (Å²) in [5, 5.41) is 9.47. The SMILES string of the molecule is COc1ccc2c(CCCCC(=O)O)cc(=O)oc2c1. The van der Waals surface area contributed by atoms with Gasteiger partial charge in [-0.25, -0.2) is 4.79 Å². The van der Waals surface area contributed by atoms with Crippen LogP contribution in [0.3, 0.4) is 0 Å². The fourth-order valence-corrected chi connectivity index (χ4v) is 2.14. The minimum atomic E-state index is -0.799. The molecular formula is C15H16O5. The smallest absolute Gasteiger partial charge is 0.336 e. The molecule has 0 spiro atoms. The predicted octanol–water partition coefficient (Wildman–Crippen LogP) is 2.60. The molecule has 1 N–H and O–H groups in total. The molecule has 0 atom stereocenters. The van der Waals surface area contributed by atoms with Gasteiger partial charge in [0.25, 0.3) is 0 Å². The first kappa shape index (κ1) is 14.1. The summed E-state index contributed by atoms with van der Waals surface area (Å²) in [4.78, 5) is 22.0. The highest BCUT2D eigenvalue weighted by Gasteiger charge is 2.07. The Morgan fingerprint density at radius 2 is 2.10 bits per heavy atom. The van der Waals surface area contributed by atoms with E-state index in [0.29, 0.717) is 24.2 Å². The van der Waals surface area contributed by atoms with Gasteiger partial charge in [-0.2, -0.15) is 0 Å². The van der Waals surface area contributed by atoms with Crippen molar-refractivity contribution < 1.29 is 19.1 Å².